The largest absolute Gasteiger partial charge is 0.481 e. The lowest BCUT2D eigenvalue weighted by atomic mass is 9.86. The molecule has 0 saturated heterocycles. The molecule has 9 heteroatoms. The zero-order chi connectivity index (χ0) is 24.4. The van der Waals surface area contributed by atoms with E-state index in [1.54, 1.807) is 20.8 Å². The number of rotatable bonds is 7. The fourth-order valence-electron chi connectivity index (χ4n) is 2.62. The maximum Gasteiger partial charge on any atom is 0.416 e. The maximum absolute atomic E-state index is 13.0. The van der Waals surface area contributed by atoms with E-state index < -0.39 is 49.4 Å². The molecule has 0 radical (unpaired) electrons. The van der Waals surface area contributed by atoms with E-state index in [2.05, 4.69) is 0 Å². The summed E-state index contributed by atoms with van der Waals surface area (Å²) in [6, 6.07) is 4.15. The van der Waals surface area contributed by atoms with Crippen molar-refractivity contribution >= 4 is 20.3 Å². The molecule has 0 amide bonds. The van der Waals surface area contributed by atoms with E-state index in [0.29, 0.717) is 0 Å². The average Bonchev–Trinajstić information content (AvgIpc) is 2.54. The third-order valence-electron chi connectivity index (χ3n) is 5.43. The molecular formula is C22H33F3O5Si. The molecule has 0 spiro atoms. The van der Waals surface area contributed by atoms with Crippen molar-refractivity contribution in [3.63, 3.8) is 0 Å². The Labute approximate surface area is 183 Å². The minimum atomic E-state index is -4.52. The summed E-state index contributed by atoms with van der Waals surface area (Å²) in [6.45, 7) is 14.7. The van der Waals surface area contributed by atoms with Crippen LogP contribution in [0.1, 0.15) is 58.6 Å². The van der Waals surface area contributed by atoms with Crippen molar-refractivity contribution in [2.45, 2.75) is 77.4 Å². The predicted molar refractivity (Wildman–Crippen MR) is 114 cm³/mol. The maximum atomic E-state index is 13.0. The quantitative estimate of drug-likeness (QED) is 0.312. The monoisotopic (exact) mass is 462 g/mol. The predicted octanol–water partition coefficient (Wildman–Crippen LogP) is 5.85. The van der Waals surface area contributed by atoms with Gasteiger partial charge in [0.15, 0.2) is 14.2 Å². The number of alkyl halides is 3. The molecule has 1 aromatic rings. The van der Waals surface area contributed by atoms with Crippen LogP contribution in [0.15, 0.2) is 24.3 Å². The topological polar surface area (TPSA) is 72.8 Å². The van der Waals surface area contributed by atoms with Crippen molar-refractivity contribution in [1.29, 1.82) is 0 Å². The van der Waals surface area contributed by atoms with Crippen molar-refractivity contribution in [2.24, 2.45) is 5.92 Å². The summed E-state index contributed by atoms with van der Waals surface area (Å²) in [5.41, 5.74) is -1.51. The van der Waals surface area contributed by atoms with Gasteiger partial charge in [0.05, 0.1) is 5.56 Å². The van der Waals surface area contributed by atoms with Crippen LogP contribution in [-0.2, 0) is 24.9 Å². The zero-order valence-electron chi connectivity index (χ0n) is 19.4. The molecule has 1 N–H and O–H groups in total. The Morgan fingerprint density at radius 1 is 1.00 bits per heavy atom. The van der Waals surface area contributed by atoms with Gasteiger partial charge in [-0.2, -0.15) is 13.2 Å². The van der Waals surface area contributed by atoms with Crippen LogP contribution in [0, 0.1) is 5.92 Å². The summed E-state index contributed by atoms with van der Waals surface area (Å²) in [5, 5.41) is 9.64. The standard InChI is InChI=1S/C22H33F3O5Si/c1-20(2,3)30-19(28)17(18(26)27)16(13-29-31(7,8)21(4,5)6)14-9-11-15(12-10-14)22(23,24)25/h9-12,16-17H,13H2,1-8H3,(H,26,27)/t16-,17+/m1/s1. The highest BCUT2D eigenvalue weighted by atomic mass is 28.4. The van der Waals surface area contributed by atoms with Crippen molar-refractivity contribution in [3.8, 4) is 0 Å². The first kappa shape index (κ1) is 27.2. The Morgan fingerprint density at radius 2 is 1.48 bits per heavy atom. The number of carbonyl (C=O) groups excluding carboxylic acids is 1. The van der Waals surface area contributed by atoms with Gasteiger partial charge in [0.1, 0.15) is 5.60 Å². The van der Waals surface area contributed by atoms with E-state index in [1.807, 2.05) is 33.9 Å². The normalized spacial score (nSPS) is 15.3. The van der Waals surface area contributed by atoms with Crippen molar-refractivity contribution in [3.05, 3.63) is 35.4 Å². The first-order chi connectivity index (χ1) is 13.8. The number of hydrogen-bond acceptors (Lipinski definition) is 4. The van der Waals surface area contributed by atoms with Crippen LogP contribution in [0.3, 0.4) is 0 Å². The molecule has 0 aliphatic heterocycles. The molecule has 0 saturated carbocycles. The van der Waals surface area contributed by atoms with Crippen LogP contribution >= 0.6 is 0 Å². The molecule has 176 valence electrons. The van der Waals surface area contributed by atoms with E-state index in [0.717, 1.165) is 12.1 Å². The van der Waals surface area contributed by atoms with Crippen LogP contribution in [0.25, 0.3) is 0 Å². The smallest absolute Gasteiger partial charge is 0.416 e. The highest BCUT2D eigenvalue weighted by Gasteiger charge is 2.43. The van der Waals surface area contributed by atoms with Crippen LogP contribution in [0.5, 0.6) is 0 Å². The van der Waals surface area contributed by atoms with Gasteiger partial charge in [-0.15, -0.1) is 0 Å². The Morgan fingerprint density at radius 3 is 1.84 bits per heavy atom. The van der Waals surface area contributed by atoms with Crippen LogP contribution in [0.2, 0.25) is 18.1 Å². The molecule has 1 rings (SSSR count). The van der Waals surface area contributed by atoms with E-state index in [9.17, 15) is 27.9 Å². The number of halogens is 3. The molecule has 1 aromatic carbocycles. The fraction of sp³-hybridized carbons (Fsp3) is 0.636. The van der Waals surface area contributed by atoms with Crippen LogP contribution in [0.4, 0.5) is 13.2 Å². The molecule has 0 bridgehead atoms. The second-order valence-corrected chi connectivity index (χ2v) is 15.0. The van der Waals surface area contributed by atoms with Gasteiger partial charge in [0, 0.05) is 12.5 Å². The third-order valence-corrected chi connectivity index (χ3v) is 9.93. The van der Waals surface area contributed by atoms with E-state index in [-0.39, 0.29) is 17.2 Å². The van der Waals surface area contributed by atoms with Crippen LogP contribution < -0.4 is 0 Å². The summed E-state index contributed by atoms with van der Waals surface area (Å²) in [6.07, 6.45) is -4.52. The van der Waals surface area contributed by atoms with Gasteiger partial charge in [-0.05, 0) is 56.6 Å². The summed E-state index contributed by atoms with van der Waals surface area (Å²) in [7, 11) is -2.33. The molecule has 0 heterocycles. The number of aliphatic carboxylic acids is 1. The first-order valence-corrected chi connectivity index (χ1v) is 12.9. The Bertz CT molecular complexity index is 774. The highest BCUT2D eigenvalue weighted by molar-refractivity contribution is 6.74. The Hall–Kier alpha value is -1.87. The molecule has 0 fully saturated rings. The number of esters is 1. The van der Waals surface area contributed by atoms with Gasteiger partial charge in [0.2, 0.25) is 0 Å². The molecule has 0 aliphatic carbocycles. The highest BCUT2D eigenvalue weighted by Crippen LogP contribution is 2.39. The van der Waals surface area contributed by atoms with Crippen molar-refractivity contribution < 1.29 is 37.0 Å². The summed E-state index contributed by atoms with van der Waals surface area (Å²) in [5.74, 6) is -5.01. The number of carboxylic acids is 1. The molecule has 0 aromatic heterocycles. The van der Waals surface area contributed by atoms with Crippen molar-refractivity contribution in [1.82, 2.24) is 0 Å². The van der Waals surface area contributed by atoms with Gasteiger partial charge < -0.3 is 14.3 Å². The molecule has 5 nitrogen and oxygen atoms in total. The SMILES string of the molecule is CC(C)(C)OC(=O)[C@H](C(=O)O)[C@H](CO[Si](C)(C)C(C)(C)C)c1ccc(C(F)(F)F)cc1. The summed E-state index contributed by atoms with van der Waals surface area (Å²) in [4.78, 5) is 24.8. The number of benzene rings is 1. The number of carboxylic acid groups (broad SMARTS) is 1. The second kappa shape index (κ2) is 9.32. The number of hydrogen-bond donors (Lipinski definition) is 1. The lowest BCUT2D eigenvalue weighted by molar-refractivity contribution is -0.168. The minimum absolute atomic E-state index is 0.127. The van der Waals surface area contributed by atoms with Crippen LogP contribution in [-0.4, -0.2) is 37.6 Å². The summed E-state index contributed by atoms with van der Waals surface area (Å²) >= 11 is 0. The summed E-state index contributed by atoms with van der Waals surface area (Å²) < 4.78 is 50.4. The number of ether oxygens (including phenoxy) is 1. The Balaban J connectivity index is 3.40. The van der Waals surface area contributed by atoms with E-state index >= 15 is 0 Å². The molecule has 31 heavy (non-hydrogen) atoms. The van der Waals surface area contributed by atoms with Gasteiger partial charge >= 0.3 is 18.1 Å². The third kappa shape index (κ3) is 7.64. The lowest BCUT2D eigenvalue weighted by Crippen LogP contribution is -2.44. The van der Waals surface area contributed by atoms with Gasteiger partial charge in [-0.25, -0.2) is 0 Å². The van der Waals surface area contributed by atoms with E-state index in [1.165, 1.54) is 12.1 Å². The molecule has 2 atom stereocenters. The lowest BCUT2D eigenvalue weighted by Gasteiger charge is -2.38. The molecular weight excluding hydrogens is 429 g/mol. The molecule has 0 unspecified atom stereocenters. The zero-order valence-corrected chi connectivity index (χ0v) is 20.4. The van der Waals surface area contributed by atoms with E-state index in [4.69, 9.17) is 9.16 Å². The van der Waals surface area contributed by atoms with Gasteiger partial charge in [-0.3, -0.25) is 9.59 Å². The Kier molecular flexibility index (Phi) is 8.17. The fourth-order valence-corrected chi connectivity index (χ4v) is 3.65. The molecule has 0 aliphatic rings. The first-order valence-electron chi connectivity index (χ1n) is 10.0. The second-order valence-electron chi connectivity index (χ2n) is 10.1. The van der Waals surface area contributed by atoms with Gasteiger partial charge in [0.25, 0.3) is 0 Å². The average molecular weight is 463 g/mol. The minimum Gasteiger partial charge on any atom is -0.481 e. The van der Waals surface area contributed by atoms with Gasteiger partial charge in [-0.1, -0.05) is 32.9 Å². The number of carbonyl (C=O) groups is 2. The van der Waals surface area contributed by atoms with Crippen molar-refractivity contribution in [2.75, 3.05) is 6.61 Å².